The number of para-hydroxylation sites is 1. The number of nitrogens with one attached hydrogen (secondary N) is 3. The van der Waals surface area contributed by atoms with E-state index in [-0.39, 0.29) is 24.1 Å². The van der Waals surface area contributed by atoms with Crippen molar-refractivity contribution in [3.63, 3.8) is 0 Å². The first-order valence-electron chi connectivity index (χ1n) is 9.35. The molecule has 1 aromatic carbocycles. The molecule has 2 rings (SSSR count). The predicted octanol–water partition coefficient (Wildman–Crippen LogP) is 2.65. The van der Waals surface area contributed by atoms with Crippen LogP contribution in [0.15, 0.2) is 29.3 Å². The van der Waals surface area contributed by atoms with Gasteiger partial charge < -0.3 is 20.7 Å². The molecule has 1 amide bonds. The van der Waals surface area contributed by atoms with Crippen LogP contribution in [0.1, 0.15) is 37.7 Å². The fraction of sp³-hybridized carbons (Fsp3) is 0.579. The summed E-state index contributed by atoms with van der Waals surface area (Å²) in [6, 6.07) is 6.61. The molecule has 0 bridgehead atoms. The quantitative estimate of drug-likeness (QED) is 0.367. The van der Waals surface area contributed by atoms with Crippen LogP contribution in [0.2, 0.25) is 0 Å². The summed E-state index contributed by atoms with van der Waals surface area (Å²) in [6.07, 6.45) is 5.43. The summed E-state index contributed by atoms with van der Waals surface area (Å²) in [5.74, 6) is 0.920. The highest BCUT2D eigenvalue weighted by atomic mass is 19.3. The van der Waals surface area contributed by atoms with Gasteiger partial charge in [-0.15, -0.1) is 0 Å². The lowest BCUT2D eigenvalue weighted by atomic mass is 9.89. The molecule has 0 aliphatic heterocycles. The summed E-state index contributed by atoms with van der Waals surface area (Å²) in [5, 5.41) is 9.09. The lowest BCUT2D eigenvalue weighted by Crippen LogP contribution is -2.42. The van der Waals surface area contributed by atoms with Gasteiger partial charge in [0, 0.05) is 38.2 Å². The molecule has 0 aromatic heterocycles. The number of carbonyl (C=O) groups excluding carboxylic acids is 1. The molecule has 1 saturated carbocycles. The van der Waals surface area contributed by atoms with Crippen molar-refractivity contribution in [2.75, 3.05) is 20.1 Å². The molecular weight excluding hydrogens is 354 g/mol. The first kappa shape index (κ1) is 20.9. The summed E-state index contributed by atoms with van der Waals surface area (Å²) in [5.41, 5.74) is 0.603. The van der Waals surface area contributed by atoms with E-state index in [0.717, 1.165) is 25.7 Å². The smallest absolute Gasteiger partial charge is 0.387 e. The van der Waals surface area contributed by atoms with Gasteiger partial charge in [-0.1, -0.05) is 37.5 Å². The van der Waals surface area contributed by atoms with Gasteiger partial charge in [0.25, 0.3) is 0 Å². The zero-order valence-corrected chi connectivity index (χ0v) is 15.6. The molecule has 6 nitrogen and oxygen atoms in total. The molecule has 0 saturated heterocycles. The van der Waals surface area contributed by atoms with Crippen LogP contribution >= 0.6 is 0 Å². The van der Waals surface area contributed by atoms with Gasteiger partial charge in [-0.05, 0) is 18.9 Å². The molecule has 27 heavy (non-hydrogen) atoms. The van der Waals surface area contributed by atoms with E-state index in [1.165, 1.54) is 12.5 Å². The summed E-state index contributed by atoms with van der Waals surface area (Å²) >= 11 is 0. The largest absolute Gasteiger partial charge is 0.434 e. The second-order valence-corrected chi connectivity index (χ2v) is 6.46. The summed E-state index contributed by atoms with van der Waals surface area (Å²) in [7, 11) is 1.62. The van der Waals surface area contributed by atoms with Crippen molar-refractivity contribution in [1.29, 1.82) is 0 Å². The Hall–Kier alpha value is -2.38. The summed E-state index contributed by atoms with van der Waals surface area (Å²) in [6.45, 7) is -1.55. The predicted molar refractivity (Wildman–Crippen MR) is 101 cm³/mol. The van der Waals surface area contributed by atoms with E-state index in [2.05, 4.69) is 25.7 Å². The van der Waals surface area contributed by atoms with Gasteiger partial charge in [0.2, 0.25) is 5.91 Å². The van der Waals surface area contributed by atoms with E-state index >= 15 is 0 Å². The Morgan fingerprint density at radius 3 is 2.56 bits per heavy atom. The molecule has 1 aromatic rings. The Morgan fingerprint density at radius 1 is 1.15 bits per heavy atom. The molecule has 1 fully saturated rings. The molecule has 0 heterocycles. The lowest BCUT2D eigenvalue weighted by molar-refractivity contribution is -0.125. The van der Waals surface area contributed by atoms with Crippen LogP contribution in [0.25, 0.3) is 0 Å². The second-order valence-electron chi connectivity index (χ2n) is 6.46. The second kappa shape index (κ2) is 11.4. The van der Waals surface area contributed by atoms with Gasteiger partial charge in [-0.25, -0.2) is 0 Å². The Morgan fingerprint density at radius 2 is 1.85 bits per heavy atom. The van der Waals surface area contributed by atoms with Crippen molar-refractivity contribution in [3.05, 3.63) is 29.8 Å². The maximum Gasteiger partial charge on any atom is 0.387 e. The van der Waals surface area contributed by atoms with Gasteiger partial charge in [0.15, 0.2) is 5.96 Å². The molecule has 1 aliphatic rings. The zero-order valence-electron chi connectivity index (χ0n) is 15.6. The number of benzene rings is 1. The maximum atomic E-state index is 12.5. The first-order valence-corrected chi connectivity index (χ1v) is 9.35. The van der Waals surface area contributed by atoms with Crippen LogP contribution in [0.4, 0.5) is 8.78 Å². The molecule has 1 aliphatic carbocycles. The zero-order chi connectivity index (χ0) is 19.5. The highest BCUT2D eigenvalue weighted by Gasteiger charge is 2.20. The molecule has 3 N–H and O–H groups in total. The Bertz CT molecular complexity index is 619. The molecule has 0 radical (unpaired) electrons. The number of ether oxygens (including phenoxy) is 1. The monoisotopic (exact) mass is 382 g/mol. The number of alkyl halides is 2. The molecule has 8 heteroatoms. The van der Waals surface area contributed by atoms with Crippen molar-refractivity contribution >= 4 is 11.9 Å². The van der Waals surface area contributed by atoms with Crippen LogP contribution in [-0.2, 0) is 11.3 Å². The van der Waals surface area contributed by atoms with Crippen molar-refractivity contribution in [2.45, 2.75) is 45.3 Å². The highest BCUT2D eigenvalue weighted by molar-refractivity contribution is 5.80. The third-order valence-electron chi connectivity index (χ3n) is 4.55. The number of hydrogen-bond acceptors (Lipinski definition) is 3. The number of halogens is 2. The number of aliphatic imine (C=N–C) groups is 1. The standard InChI is InChI=1S/C19H28F2N4O2/c1-22-19(24-12-11-23-17(26)14-7-3-2-4-8-14)25-13-15-9-5-6-10-16(15)27-18(20)21/h5-6,9-10,14,18H,2-4,7-8,11-13H2,1H3,(H,23,26)(H2,22,24,25). The Balaban J connectivity index is 1.71. The SMILES string of the molecule is CN=C(NCCNC(=O)C1CCCCC1)NCc1ccccc1OC(F)F. The average Bonchev–Trinajstić information content (AvgIpc) is 2.68. The number of guanidine groups is 1. The van der Waals surface area contributed by atoms with Crippen molar-refractivity contribution in [2.24, 2.45) is 10.9 Å². The van der Waals surface area contributed by atoms with Crippen molar-refractivity contribution in [3.8, 4) is 5.75 Å². The summed E-state index contributed by atoms with van der Waals surface area (Å²) in [4.78, 5) is 16.2. The van der Waals surface area contributed by atoms with E-state index < -0.39 is 6.61 Å². The normalized spacial score (nSPS) is 15.5. The fourth-order valence-electron chi connectivity index (χ4n) is 3.14. The third-order valence-corrected chi connectivity index (χ3v) is 4.55. The number of hydrogen-bond donors (Lipinski definition) is 3. The van der Waals surface area contributed by atoms with Gasteiger partial charge in [0.1, 0.15) is 5.75 Å². The van der Waals surface area contributed by atoms with E-state index in [0.29, 0.717) is 24.6 Å². The number of nitrogens with zero attached hydrogens (tertiary/aromatic N) is 1. The molecular formula is C19H28F2N4O2. The third kappa shape index (κ3) is 7.40. The number of carbonyl (C=O) groups is 1. The first-order chi connectivity index (χ1) is 13.1. The van der Waals surface area contributed by atoms with Gasteiger partial charge in [-0.3, -0.25) is 9.79 Å². The Labute approximate surface area is 158 Å². The highest BCUT2D eigenvalue weighted by Crippen LogP contribution is 2.23. The van der Waals surface area contributed by atoms with E-state index in [1.54, 1.807) is 25.2 Å². The number of rotatable bonds is 8. The van der Waals surface area contributed by atoms with E-state index in [4.69, 9.17) is 0 Å². The molecule has 150 valence electrons. The van der Waals surface area contributed by atoms with Crippen molar-refractivity contribution < 1.29 is 18.3 Å². The fourth-order valence-corrected chi connectivity index (χ4v) is 3.14. The number of amides is 1. The van der Waals surface area contributed by atoms with Crippen LogP contribution in [-0.4, -0.2) is 38.6 Å². The van der Waals surface area contributed by atoms with Crippen molar-refractivity contribution in [1.82, 2.24) is 16.0 Å². The van der Waals surface area contributed by atoms with E-state index in [9.17, 15) is 13.6 Å². The minimum absolute atomic E-state index is 0.123. The summed E-state index contributed by atoms with van der Waals surface area (Å²) < 4.78 is 29.4. The average molecular weight is 382 g/mol. The minimum atomic E-state index is -2.86. The van der Waals surface area contributed by atoms with Crippen LogP contribution in [0.3, 0.4) is 0 Å². The van der Waals surface area contributed by atoms with Gasteiger partial charge in [0.05, 0.1) is 0 Å². The minimum Gasteiger partial charge on any atom is -0.434 e. The van der Waals surface area contributed by atoms with E-state index in [1.807, 2.05) is 0 Å². The molecule has 0 atom stereocenters. The lowest BCUT2D eigenvalue weighted by Gasteiger charge is -2.21. The van der Waals surface area contributed by atoms with Crippen LogP contribution < -0.4 is 20.7 Å². The van der Waals surface area contributed by atoms with Crippen LogP contribution in [0, 0.1) is 5.92 Å². The molecule has 0 spiro atoms. The molecule has 0 unspecified atom stereocenters. The van der Waals surface area contributed by atoms with Gasteiger partial charge in [-0.2, -0.15) is 8.78 Å². The van der Waals surface area contributed by atoms with Crippen LogP contribution in [0.5, 0.6) is 5.75 Å². The Kier molecular flexibility index (Phi) is 8.80. The van der Waals surface area contributed by atoms with Gasteiger partial charge >= 0.3 is 6.61 Å². The topological polar surface area (TPSA) is 74.8 Å². The maximum absolute atomic E-state index is 12.5.